The van der Waals surface area contributed by atoms with Gasteiger partial charge in [-0.25, -0.2) is 22.5 Å². The van der Waals surface area contributed by atoms with Crippen LogP contribution in [0.5, 0.6) is 5.75 Å². The molecule has 2 amide bonds. The first-order valence-electron chi connectivity index (χ1n) is 19.1. The van der Waals surface area contributed by atoms with Crippen molar-refractivity contribution in [3.63, 3.8) is 0 Å². The van der Waals surface area contributed by atoms with Gasteiger partial charge < -0.3 is 30.2 Å². The number of piperidine rings is 2. The highest BCUT2D eigenvalue weighted by Crippen LogP contribution is 2.46. The van der Waals surface area contributed by atoms with E-state index >= 15 is 17.6 Å². The van der Waals surface area contributed by atoms with Crippen molar-refractivity contribution in [1.82, 2.24) is 29.6 Å². The molecule has 58 heavy (non-hydrogen) atoms. The molecule has 4 N–H and O–H groups in total. The summed E-state index contributed by atoms with van der Waals surface area (Å²) in [4.78, 5) is 48.5. The molecule has 9 rings (SSSR count). The van der Waals surface area contributed by atoms with Gasteiger partial charge in [-0.05, 0) is 55.7 Å². The maximum atomic E-state index is 15.8. The minimum absolute atomic E-state index is 0.0218. The number of nitrogens with zero attached hydrogens (tertiary/aromatic N) is 6. The predicted octanol–water partition coefficient (Wildman–Crippen LogP) is 5.96. The lowest BCUT2D eigenvalue weighted by molar-refractivity contribution is -0.134. The molecule has 1 aliphatic carbocycles. The maximum absolute atomic E-state index is 15.8. The zero-order valence-corrected chi connectivity index (χ0v) is 32.4. The number of alkyl halides is 2. The average molecular weight is 823 g/mol. The van der Waals surface area contributed by atoms with Gasteiger partial charge in [-0.2, -0.15) is 10.1 Å². The van der Waals surface area contributed by atoms with Gasteiger partial charge in [0.05, 0.1) is 51.9 Å². The summed E-state index contributed by atoms with van der Waals surface area (Å²) in [5.41, 5.74) is 0.883. The van der Waals surface area contributed by atoms with Crippen LogP contribution < -0.4 is 36.5 Å². The van der Waals surface area contributed by atoms with Crippen molar-refractivity contribution in [2.24, 2.45) is 25.9 Å². The number of anilines is 5. The number of fused-ring (bicyclic) bond motifs is 4. The number of rotatable bonds is 7. The highest BCUT2D eigenvalue weighted by atomic mass is 35.5. The quantitative estimate of drug-likeness (QED) is 0.113. The summed E-state index contributed by atoms with van der Waals surface area (Å²) in [6, 6.07) is 4.24. The molecule has 2 saturated heterocycles. The fourth-order valence-electron chi connectivity index (χ4n) is 8.41. The Balaban J connectivity index is 0.937. The molecule has 3 aliphatic heterocycles. The van der Waals surface area contributed by atoms with Gasteiger partial charge in [0.15, 0.2) is 12.4 Å². The van der Waals surface area contributed by atoms with Crippen LogP contribution >= 0.6 is 11.6 Å². The molecule has 2 aromatic carbocycles. The van der Waals surface area contributed by atoms with E-state index < -0.39 is 47.6 Å². The van der Waals surface area contributed by atoms with Crippen LogP contribution in [0.3, 0.4) is 0 Å². The van der Waals surface area contributed by atoms with Crippen LogP contribution in [-0.2, 0) is 23.7 Å². The Kier molecular flexibility index (Phi) is 9.16. The highest BCUT2D eigenvalue weighted by molar-refractivity contribution is 6.33. The first-order valence-corrected chi connectivity index (χ1v) is 19.5. The molecule has 19 heteroatoms. The number of aromatic nitrogens is 5. The lowest BCUT2D eigenvalue weighted by atomic mass is 9.92. The number of ether oxygens (including phenoxy) is 1. The minimum atomic E-state index is -3.24. The molecule has 0 bridgehead atoms. The van der Waals surface area contributed by atoms with Gasteiger partial charge in [0.1, 0.15) is 16.7 Å². The Morgan fingerprint density at radius 1 is 0.983 bits per heavy atom. The molecule has 14 nitrogen and oxygen atoms in total. The normalized spacial score (nSPS) is 23.2. The summed E-state index contributed by atoms with van der Waals surface area (Å²) in [6.45, 7) is 2.03. The van der Waals surface area contributed by atoms with Crippen LogP contribution in [0.1, 0.15) is 50.6 Å². The standard InChI is InChI=1S/C39H39ClF4N10O4/c1-17-15-54(9-8-25(17)46-27-13-29-20(10-23(27)41)31(51-53(29)3)19-6-7-30(55)48-36(19)56)38-45-14-22(40)35(50-38)47-26-11-21-28(12-24(26)42)52(2)37(57)33-32(21)49-34(18-4-5-18)39(43,44)16-58-33/h10-14,17-19,25,34,46,49H,4-9,15-16H2,1-3H3,(H,45,47,50)(H,48,55,56). The van der Waals surface area contributed by atoms with E-state index in [-0.39, 0.29) is 69.4 Å². The van der Waals surface area contributed by atoms with Crippen LogP contribution in [0.25, 0.3) is 21.8 Å². The number of halogens is 5. The number of nitrogens with one attached hydrogen (secondary N) is 4. The maximum Gasteiger partial charge on any atom is 0.301 e. The summed E-state index contributed by atoms with van der Waals surface area (Å²) in [6.07, 6.45) is 3.70. The van der Waals surface area contributed by atoms with E-state index in [1.807, 2.05) is 11.8 Å². The summed E-state index contributed by atoms with van der Waals surface area (Å²) < 4.78 is 69.9. The number of aryl methyl sites for hydroxylation is 2. The summed E-state index contributed by atoms with van der Waals surface area (Å²) in [7, 11) is 3.15. The number of hydrogen-bond donors (Lipinski definition) is 4. The molecule has 3 fully saturated rings. The third kappa shape index (κ3) is 6.60. The van der Waals surface area contributed by atoms with E-state index in [1.54, 1.807) is 17.8 Å². The topological polar surface area (TPSA) is 160 Å². The molecule has 5 aromatic rings. The van der Waals surface area contributed by atoms with Crippen molar-refractivity contribution in [2.75, 3.05) is 40.5 Å². The van der Waals surface area contributed by atoms with E-state index in [0.717, 1.165) is 6.07 Å². The highest BCUT2D eigenvalue weighted by Gasteiger charge is 2.51. The average Bonchev–Trinajstić information content (AvgIpc) is 3.99. The smallest absolute Gasteiger partial charge is 0.301 e. The van der Waals surface area contributed by atoms with Gasteiger partial charge in [-0.15, -0.1) is 0 Å². The number of pyridine rings is 1. The second-order valence-electron chi connectivity index (χ2n) is 15.7. The van der Waals surface area contributed by atoms with E-state index in [9.17, 15) is 14.4 Å². The Morgan fingerprint density at radius 3 is 2.50 bits per heavy atom. The Labute approximate surface area is 333 Å². The van der Waals surface area contributed by atoms with Crippen molar-refractivity contribution in [2.45, 2.75) is 63.0 Å². The van der Waals surface area contributed by atoms with Crippen LogP contribution in [0, 0.1) is 23.5 Å². The van der Waals surface area contributed by atoms with Gasteiger partial charge in [-0.3, -0.25) is 24.4 Å². The molecule has 3 aromatic heterocycles. The van der Waals surface area contributed by atoms with Crippen molar-refractivity contribution < 1.29 is 31.9 Å². The zero-order chi connectivity index (χ0) is 40.8. The van der Waals surface area contributed by atoms with E-state index in [1.165, 1.54) is 29.9 Å². The number of amides is 2. The Hall–Kier alpha value is -5.65. The number of carbonyl (C=O) groups excluding carboxylic acids is 2. The monoisotopic (exact) mass is 822 g/mol. The Morgan fingerprint density at radius 2 is 1.76 bits per heavy atom. The number of carbonyl (C=O) groups is 2. The zero-order valence-electron chi connectivity index (χ0n) is 31.6. The molecule has 304 valence electrons. The SMILES string of the molecule is CC1CN(c2ncc(Cl)c(Nc3cc4c5c(c(=O)n(C)c4cc3F)OCC(F)(F)C(C3CC3)N5)n2)CCC1Nc1cc2c(cc1F)c(C1CCC(=O)NC1=O)nn2C. The van der Waals surface area contributed by atoms with Gasteiger partial charge in [-0.1, -0.05) is 18.5 Å². The molecule has 0 radical (unpaired) electrons. The number of benzene rings is 2. The van der Waals surface area contributed by atoms with Crippen molar-refractivity contribution in [3.05, 3.63) is 63.2 Å². The third-order valence-electron chi connectivity index (χ3n) is 11.7. The first kappa shape index (κ1) is 37.9. The third-order valence-corrected chi connectivity index (χ3v) is 12.0. The fraction of sp³-hybridized carbons (Fsp3) is 0.436. The summed E-state index contributed by atoms with van der Waals surface area (Å²) in [5.74, 6) is -6.05. The largest absolute Gasteiger partial charge is 0.480 e. The molecule has 6 heterocycles. The lowest BCUT2D eigenvalue weighted by Gasteiger charge is -2.38. The van der Waals surface area contributed by atoms with E-state index in [4.69, 9.17) is 16.3 Å². The summed E-state index contributed by atoms with van der Waals surface area (Å²) in [5, 5.41) is 17.0. The fourth-order valence-corrected chi connectivity index (χ4v) is 8.55. The van der Waals surface area contributed by atoms with E-state index in [2.05, 4.69) is 36.3 Å². The van der Waals surface area contributed by atoms with Gasteiger partial charge in [0.2, 0.25) is 23.5 Å². The second-order valence-corrected chi connectivity index (χ2v) is 16.1. The van der Waals surface area contributed by atoms with Crippen molar-refractivity contribution >= 4 is 74.0 Å². The predicted molar refractivity (Wildman–Crippen MR) is 209 cm³/mol. The minimum Gasteiger partial charge on any atom is -0.480 e. The van der Waals surface area contributed by atoms with Gasteiger partial charge in [0.25, 0.3) is 5.56 Å². The molecule has 1 saturated carbocycles. The molecule has 4 unspecified atom stereocenters. The number of imide groups is 1. The van der Waals surface area contributed by atoms with Gasteiger partial charge >= 0.3 is 5.92 Å². The van der Waals surface area contributed by atoms with Gasteiger partial charge in [0, 0.05) is 56.5 Å². The first-order chi connectivity index (χ1) is 27.7. The molecular formula is C39H39ClF4N10O4. The Bertz CT molecular complexity index is 2600. The summed E-state index contributed by atoms with van der Waals surface area (Å²) >= 11 is 6.52. The van der Waals surface area contributed by atoms with Crippen LogP contribution in [0.4, 0.5) is 46.4 Å². The molecule has 0 spiro atoms. The lowest BCUT2D eigenvalue weighted by Crippen LogP contribution is -2.46. The second kappa shape index (κ2) is 14.0. The van der Waals surface area contributed by atoms with Crippen LogP contribution in [0.15, 0.2) is 35.3 Å². The number of hydrogen-bond acceptors (Lipinski definition) is 11. The van der Waals surface area contributed by atoms with Crippen molar-refractivity contribution in [1.29, 1.82) is 0 Å². The molecule has 4 atom stereocenters. The van der Waals surface area contributed by atoms with Crippen LogP contribution in [-0.4, -0.2) is 73.8 Å². The molecular weight excluding hydrogens is 784 g/mol. The molecule has 4 aliphatic rings. The van der Waals surface area contributed by atoms with Crippen molar-refractivity contribution in [3.8, 4) is 5.75 Å². The van der Waals surface area contributed by atoms with Crippen LogP contribution in [0.2, 0.25) is 5.02 Å². The van der Waals surface area contributed by atoms with E-state index in [0.29, 0.717) is 66.7 Å².